The lowest BCUT2D eigenvalue weighted by Gasteiger charge is -2.31. The Morgan fingerprint density at radius 3 is 0.903 bits per heavy atom. The molecule has 32 nitrogen and oxygen atoms in total. The van der Waals surface area contributed by atoms with Crippen molar-refractivity contribution in [1.82, 2.24) is 80.4 Å². The van der Waals surface area contributed by atoms with E-state index in [9.17, 15) is 78.0 Å². The molecule has 8 amide bonds. The Morgan fingerprint density at radius 2 is 0.613 bits per heavy atom. The first-order valence-corrected chi connectivity index (χ1v) is 31.2. The van der Waals surface area contributed by atoms with Crippen molar-refractivity contribution in [3.05, 3.63) is 111 Å². The smallest absolute Gasteiger partial charge is 0.294 e. The second kappa shape index (κ2) is 33.3. The van der Waals surface area contributed by atoms with Crippen LogP contribution in [0.25, 0.3) is 0 Å². The second-order valence-electron chi connectivity index (χ2n) is 23.4. The Bertz CT molecular complexity index is 3600. The van der Waals surface area contributed by atoms with E-state index in [1.54, 1.807) is 0 Å². The molecule has 506 valence electrons. The van der Waals surface area contributed by atoms with Crippen LogP contribution in [0.15, 0.2) is 43.4 Å². The fraction of sp³-hybridized carbons (Fsp3) is 0.541. The van der Waals surface area contributed by atoms with Crippen molar-refractivity contribution in [3.8, 4) is 23.0 Å². The van der Waals surface area contributed by atoms with Gasteiger partial charge in [-0.15, -0.1) is 0 Å². The van der Waals surface area contributed by atoms with Gasteiger partial charge in [-0.25, -0.2) is 0 Å². The van der Waals surface area contributed by atoms with Gasteiger partial charge >= 0.3 is 0 Å². The Balaban J connectivity index is 1.36. The standard InChI is InChI=1S/C61H86N16O16/c1-6-7-8-9-41-32-73-23-16-68-56(88)44-30-39(4)76(60(92)52(44)84)35-48(80)64-12-19-71(20-13-65-49(81)36-77-40(5)31-45(57(89)69-41)53(85)61(77)93)25-24-70-17-10-62-46(78)33-74-37(2)28-42(50(82)58(74)90)54(86)66-14-21-72(26-27-73)22-15-67-55(87)43-29-38(3)75(59(91)51(43)83)34-47(79)63-11-18-70/h28-31,41,82-85H,6-27,32-36H2,1-5H3,(H,62,78)(H,63,79)(H,64,80)(H,65,81)(H,66,86)(H,67,87)(H,68,88)(H,69,89). The molecule has 3 unspecified atom stereocenters. The number of rotatable bonds is 4. The lowest BCUT2D eigenvalue weighted by atomic mass is 10.1. The molecule has 0 saturated heterocycles. The first-order chi connectivity index (χ1) is 44.3. The summed E-state index contributed by atoms with van der Waals surface area (Å²) in [5, 5.41) is 67.4. The minimum absolute atomic E-state index is 0.0262. The molecule has 0 spiro atoms. The van der Waals surface area contributed by atoms with Gasteiger partial charge in [-0.3, -0.25) is 77.1 Å². The Kier molecular flexibility index (Phi) is 25.4. The molecule has 0 aliphatic carbocycles. The Labute approximate surface area is 535 Å². The fourth-order valence-electron chi connectivity index (χ4n) is 11.3. The first-order valence-electron chi connectivity index (χ1n) is 31.2. The minimum atomic E-state index is -1.00. The molecule has 32 heteroatoms. The second-order valence-corrected chi connectivity index (χ2v) is 23.4. The van der Waals surface area contributed by atoms with Gasteiger partial charge in [0.15, 0.2) is 23.0 Å². The van der Waals surface area contributed by atoms with Crippen LogP contribution in [0.5, 0.6) is 23.0 Å². The number of fused-ring (bicyclic) bond motifs is 2. The van der Waals surface area contributed by atoms with Gasteiger partial charge in [-0.2, -0.15) is 0 Å². The summed E-state index contributed by atoms with van der Waals surface area (Å²) in [4.78, 5) is 173. The van der Waals surface area contributed by atoms with Crippen LogP contribution >= 0.6 is 0 Å². The maximum Gasteiger partial charge on any atom is 0.294 e. The molecule has 0 fully saturated rings. The van der Waals surface area contributed by atoms with Crippen molar-refractivity contribution in [1.29, 1.82) is 0 Å². The van der Waals surface area contributed by atoms with Crippen LogP contribution < -0.4 is 64.8 Å². The summed E-state index contributed by atoms with van der Waals surface area (Å²) < 4.78 is 4.09. The summed E-state index contributed by atoms with van der Waals surface area (Å²) in [5.41, 5.74) is -4.73. The third kappa shape index (κ3) is 19.1. The van der Waals surface area contributed by atoms with Gasteiger partial charge in [-0.1, -0.05) is 26.2 Å². The van der Waals surface area contributed by atoms with Gasteiger partial charge in [0.05, 0.1) is 22.3 Å². The van der Waals surface area contributed by atoms with Crippen LogP contribution in [-0.2, 0) is 45.4 Å². The van der Waals surface area contributed by atoms with Gasteiger partial charge in [-0.05, 0) is 58.4 Å². The molecule has 10 aliphatic heterocycles. The van der Waals surface area contributed by atoms with Crippen molar-refractivity contribution in [2.24, 2.45) is 0 Å². The molecule has 10 aliphatic rings. The van der Waals surface area contributed by atoms with Gasteiger partial charge in [0, 0.05) is 153 Å². The predicted octanol–water partition coefficient (Wildman–Crippen LogP) is -3.93. The number of carbonyl (C=O) groups is 8. The average Bonchev–Trinajstić information content (AvgIpc) is 0.849. The average molecular weight is 1300 g/mol. The molecule has 93 heavy (non-hydrogen) atoms. The summed E-state index contributed by atoms with van der Waals surface area (Å²) in [6.07, 6.45) is 2.54. The zero-order chi connectivity index (χ0) is 67.6. The summed E-state index contributed by atoms with van der Waals surface area (Å²) in [5.74, 6) is -9.41. The van der Waals surface area contributed by atoms with Crippen molar-refractivity contribution in [2.75, 3.05) is 124 Å². The number of hydrogen-bond acceptors (Lipinski definition) is 20. The SMILES string of the molecule is CCCCCC1CN2CCNC(=O)c3cc(C)n(c(=O)c3O)CC(=O)NCCN(CCNC(=O)Cn3c(C)cc(c(O)c3=O)C(=O)N1)CCN1CCNC(=O)Cn3c(C)cc(c(O)c3=O)C(=O)NCCN(CCNC(=O)c3cc(C)n(c(=O)c3O)CC(=O)NCC1)CC2. The molecule has 3 atom stereocenters. The summed E-state index contributed by atoms with van der Waals surface area (Å²) >= 11 is 0. The zero-order valence-corrected chi connectivity index (χ0v) is 53.2. The van der Waals surface area contributed by atoms with E-state index < -0.39 is 125 Å². The Morgan fingerprint density at radius 1 is 0.355 bits per heavy atom. The summed E-state index contributed by atoms with van der Waals surface area (Å²) in [7, 11) is 0. The van der Waals surface area contributed by atoms with E-state index >= 15 is 0 Å². The quantitative estimate of drug-likeness (QED) is 0.0868. The molecule has 0 saturated carbocycles. The minimum Gasteiger partial charge on any atom is -0.502 e. The van der Waals surface area contributed by atoms with Crippen LogP contribution in [0, 0.1) is 27.7 Å². The van der Waals surface area contributed by atoms with Crippen molar-refractivity contribution >= 4 is 47.3 Å². The van der Waals surface area contributed by atoms with Crippen LogP contribution in [0.3, 0.4) is 0 Å². The van der Waals surface area contributed by atoms with Gasteiger partial charge in [0.1, 0.15) is 26.2 Å². The molecule has 14 rings (SSSR count). The van der Waals surface area contributed by atoms with Gasteiger partial charge in [0.25, 0.3) is 45.9 Å². The normalized spacial score (nSPS) is 21.5. The number of nitrogens with zero attached hydrogens (tertiary/aromatic N) is 8. The molecular weight excluding hydrogens is 1210 g/mol. The number of aryl methyl sites for hydroxylation is 4. The number of aromatic nitrogens is 4. The van der Waals surface area contributed by atoms with Crippen LogP contribution in [0.1, 0.15) is 96.8 Å². The maximum absolute atomic E-state index is 14.4. The number of carbonyl (C=O) groups excluding carboxylic acids is 8. The molecular formula is C61H86N16O16. The topological polar surface area (TPSA) is 415 Å². The lowest BCUT2D eigenvalue weighted by Crippen LogP contribution is -2.49. The maximum atomic E-state index is 14.4. The van der Waals surface area contributed by atoms with Gasteiger partial charge < -0.3 is 81.2 Å². The van der Waals surface area contributed by atoms with E-state index in [1.807, 2.05) is 26.5 Å². The molecule has 0 aromatic carbocycles. The molecule has 0 radical (unpaired) electrons. The monoisotopic (exact) mass is 1300 g/mol. The highest BCUT2D eigenvalue weighted by molar-refractivity contribution is 5.99. The number of hydrogen-bond donors (Lipinski definition) is 12. The third-order valence-corrected chi connectivity index (χ3v) is 16.7. The molecule has 12 N–H and O–H groups in total. The van der Waals surface area contributed by atoms with E-state index in [0.717, 1.165) is 31.1 Å². The van der Waals surface area contributed by atoms with Crippen LogP contribution in [0.2, 0.25) is 0 Å². The van der Waals surface area contributed by atoms with E-state index in [2.05, 4.69) is 42.5 Å². The molecule has 4 aromatic rings. The van der Waals surface area contributed by atoms with Crippen molar-refractivity contribution < 1.29 is 58.8 Å². The van der Waals surface area contributed by atoms with Crippen molar-refractivity contribution in [2.45, 2.75) is 92.5 Å². The number of unbranched alkanes of at least 4 members (excludes halogenated alkanes) is 2. The largest absolute Gasteiger partial charge is 0.502 e. The van der Waals surface area contributed by atoms with E-state index in [4.69, 9.17) is 0 Å². The summed E-state index contributed by atoms with van der Waals surface area (Å²) in [6, 6.07) is 4.43. The number of aromatic hydroxyl groups is 4. The summed E-state index contributed by atoms with van der Waals surface area (Å²) in [6.45, 7) is 6.64. The van der Waals surface area contributed by atoms with E-state index in [0.29, 0.717) is 12.8 Å². The number of pyridine rings is 4. The van der Waals surface area contributed by atoms with Gasteiger partial charge in [0.2, 0.25) is 23.6 Å². The van der Waals surface area contributed by atoms with E-state index in [-0.39, 0.29) is 169 Å². The highest BCUT2D eigenvalue weighted by Crippen LogP contribution is 2.19. The van der Waals surface area contributed by atoms with Crippen molar-refractivity contribution in [3.63, 3.8) is 0 Å². The Hall–Kier alpha value is -9.40. The first kappa shape index (κ1) is 71.0. The van der Waals surface area contributed by atoms with Crippen LogP contribution in [-0.4, -0.2) is 236 Å². The predicted molar refractivity (Wildman–Crippen MR) is 339 cm³/mol. The fourth-order valence-corrected chi connectivity index (χ4v) is 11.3. The number of nitrogens with one attached hydrogen (secondary N) is 8. The zero-order valence-electron chi connectivity index (χ0n) is 53.2. The molecule has 14 heterocycles. The lowest BCUT2D eigenvalue weighted by molar-refractivity contribution is -0.122. The van der Waals surface area contributed by atoms with Crippen LogP contribution in [0.4, 0.5) is 0 Å². The highest BCUT2D eigenvalue weighted by Gasteiger charge is 2.27. The van der Waals surface area contributed by atoms with E-state index in [1.165, 1.54) is 52.0 Å². The number of amides is 8. The molecule has 4 aromatic heterocycles. The molecule has 12 bridgehead atoms. The highest BCUT2D eigenvalue weighted by atomic mass is 16.3. The third-order valence-electron chi connectivity index (χ3n) is 16.7.